The second-order valence-corrected chi connectivity index (χ2v) is 7.77. The molecule has 28 heavy (non-hydrogen) atoms. The summed E-state index contributed by atoms with van der Waals surface area (Å²) in [5.74, 6) is -1.42. The standard InChI is InChI=1S/C19H18FN3O4S/c1-2-17(19(24)25)23-11-16(12-3-7-14(20)8-4-12)18(22-23)13-5-9-15(10-6-13)28(21,26)27/h3-11,17H,2H2,1H3,(H,24,25)(H2,21,26,27). The number of rotatable bonds is 6. The van der Waals surface area contributed by atoms with E-state index in [-0.39, 0.29) is 4.90 Å². The van der Waals surface area contributed by atoms with Crippen LogP contribution in [0.5, 0.6) is 0 Å². The van der Waals surface area contributed by atoms with Gasteiger partial charge in [0.2, 0.25) is 10.0 Å². The summed E-state index contributed by atoms with van der Waals surface area (Å²) in [5, 5.41) is 19.0. The molecule has 0 fully saturated rings. The highest BCUT2D eigenvalue weighted by atomic mass is 32.2. The molecule has 0 aliphatic rings. The van der Waals surface area contributed by atoms with Crippen LogP contribution >= 0.6 is 0 Å². The maximum atomic E-state index is 13.3. The van der Waals surface area contributed by atoms with Gasteiger partial charge < -0.3 is 5.11 Å². The first-order chi connectivity index (χ1) is 13.2. The van der Waals surface area contributed by atoms with Crippen molar-refractivity contribution in [2.75, 3.05) is 0 Å². The Labute approximate surface area is 161 Å². The SMILES string of the molecule is CCC(C(=O)O)n1cc(-c2ccc(F)cc2)c(-c2ccc(S(N)(=O)=O)cc2)n1. The largest absolute Gasteiger partial charge is 0.480 e. The lowest BCUT2D eigenvalue weighted by atomic mass is 10.0. The minimum atomic E-state index is -3.84. The highest BCUT2D eigenvalue weighted by Crippen LogP contribution is 2.33. The van der Waals surface area contributed by atoms with Crippen molar-refractivity contribution in [3.8, 4) is 22.4 Å². The van der Waals surface area contributed by atoms with Crippen molar-refractivity contribution in [3.05, 3.63) is 60.5 Å². The normalized spacial score (nSPS) is 12.7. The monoisotopic (exact) mass is 403 g/mol. The molecule has 0 radical (unpaired) electrons. The van der Waals surface area contributed by atoms with Crippen molar-refractivity contribution >= 4 is 16.0 Å². The number of hydrogen-bond acceptors (Lipinski definition) is 4. The Morgan fingerprint density at radius 3 is 2.21 bits per heavy atom. The van der Waals surface area contributed by atoms with Gasteiger partial charge >= 0.3 is 5.97 Å². The molecule has 3 N–H and O–H groups in total. The molecule has 0 aliphatic heterocycles. The number of carboxylic acids is 1. The van der Waals surface area contributed by atoms with E-state index in [1.54, 1.807) is 37.4 Å². The number of nitrogens with zero attached hydrogens (tertiary/aromatic N) is 2. The van der Waals surface area contributed by atoms with Crippen LogP contribution in [0.4, 0.5) is 4.39 Å². The fraction of sp³-hybridized carbons (Fsp3) is 0.158. The summed E-state index contributed by atoms with van der Waals surface area (Å²) in [7, 11) is -3.84. The Bertz CT molecular complexity index is 1110. The van der Waals surface area contributed by atoms with Crippen molar-refractivity contribution in [2.45, 2.75) is 24.3 Å². The molecule has 0 saturated heterocycles. The lowest BCUT2D eigenvalue weighted by molar-refractivity contribution is -0.141. The third-order valence-electron chi connectivity index (χ3n) is 4.33. The molecule has 0 saturated carbocycles. The molecule has 0 amide bonds. The first-order valence-corrected chi connectivity index (χ1v) is 9.96. The molecule has 1 aromatic heterocycles. The van der Waals surface area contributed by atoms with Crippen molar-refractivity contribution in [3.63, 3.8) is 0 Å². The Balaban J connectivity index is 2.16. The lowest BCUT2D eigenvalue weighted by Gasteiger charge is -2.09. The summed E-state index contributed by atoms with van der Waals surface area (Å²) < 4.78 is 37.6. The van der Waals surface area contributed by atoms with Gasteiger partial charge in [0.1, 0.15) is 17.6 Å². The molecule has 1 unspecified atom stereocenters. The van der Waals surface area contributed by atoms with E-state index in [4.69, 9.17) is 5.14 Å². The van der Waals surface area contributed by atoms with Gasteiger partial charge in [0.15, 0.2) is 0 Å². The smallest absolute Gasteiger partial charge is 0.328 e. The molecular weight excluding hydrogens is 385 g/mol. The molecule has 3 aromatic rings. The van der Waals surface area contributed by atoms with E-state index in [0.29, 0.717) is 28.8 Å². The highest BCUT2D eigenvalue weighted by molar-refractivity contribution is 7.89. The fourth-order valence-electron chi connectivity index (χ4n) is 2.88. The van der Waals surface area contributed by atoms with E-state index in [9.17, 15) is 22.7 Å². The summed E-state index contributed by atoms with van der Waals surface area (Å²) in [4.78, 5) is 11.5. The number of primary sulfonamides is 1. The van der Waals surface area contributed by atoms with Gasteiger partial charge in [0.05, 0.1) is 4.90 Å². The van der Waals surface area contributed by atoms with Crippen LogP contribution in [0.2, 0.25) is 0 Å². The molecule has 1 atom stereocenters. The molecule has 3 rings (SSSR count). The average Bonchev–Trinajstić information content (AvgIpc) is 3.07. The van der Waals surface area contributed by atoms with Gasteiger partial charge in [-0.25, -0.2) is 22.7 Å². The van der Waals surface area contributed by atoms with E-state index >= 15 is 0 Å². The van der Waals surface area contributed by atoms with Crippen LogP contribution in [0.3, 0.4) is 0 Å². The summed E-state index contributed by atoms with van der Waals surface area (Å²) in [6.45, 7) is 1.73. The number of aromatic nitrogens is 2. The van der Waals surface area contributed by atoms with Gasteiger partial charge in [-0.1, -0.05) is 31.2 Å². The second-order valence-electron chi connectivity index (χ2n) is 6.21. The van der Waals surface area contributed by atoms with Crippen molar-refractivity contribution in [1.82, 2.24) is 9.78 Å². The summed E-state index contributed by atoms with van der Waals surface area (Å²) in [5.41, 5.74) is 2.28. The number of halogens is 1. The van der Waals surface area contributed by atoms with Crippen LogP contribution in [0.15, 0.2) is 59.6 Å². The maximum Gasteiger partial charge on any atom is 0.328 e. The number of sulfonamides is 1. The number of nitrogens with two attached hydrogens (primary N) is 1. The number of hydrogen-bond donors (Lipinski definition) is 2. The van der Waals surface area contributed by atoms with E-state index in [1.807, 2.05) is 0 Å². The minimum absolute atomic E-state index is 0.0454. The quantitative estimate of drug-likeness (QED) is 0.656. The Kier molecular flexibility index (Phi) is 5.30. The summed E-state index contributed by atoms with van der Waals surface area (Å²) >= 11 is 0. The summed E-state index contributed by atoms with van der Waals surface area (Å²) in [6.07, 6.45) is 1.92. The fourth-order valence-corrected chi connectivity index (χ4v) is 3.40. The van der Waals surface area contributed by atoms with Gasteiger partial charge in [-0.2, -0.15) is 5.10 Å². The first kappa shape index (κ1) is 19.7. The van der Waals surface area contributed by atoms with Crippen LogP contribution in [0, 0.1) is 5.82 Å². The maximum absolute atomic E-state index is 13.3. The van der Waals surface area contributed by atoms with Crippen molar-refractivity contribution in [2.24, 2.45) is 5.14 Å². The van der Waals surface area contributed by atoms with Gasteiger partial charge in [0.25, 0.3) is 0 Å². The summed E-state index contributed by atoms with van der Waals surface area (Å²) in [6, 6.07) is 10.7. The first-order valence-electron chi connectivity index (χ1n) is 8.42. The zero-order chi connectivity index (χ0) is 20.5. The van der Waals surface area contributed by atoms with E-state index in [2.05, 4.69) is 5.10 Å². The third kappa shape index (κ3) is 3.95. The van der Waals surface area contributed by atoms with E-state index in [1.165, 1.54) is 28.9 Å². The molecular formula is C19H18FN3O4S. The van der Waals surface area contributed by atoms with Crippen molar-refractivity contribution < 1.29 is 22.7 Å². The van der Waals surface area contributed by atoms with Gasteiger partial charge in [-0.05, 0) is 36.2 Å². The van der Waals surface area contributed by atoms with E-state index in [0.717, 1.165) is 0 Å². The van der Waals surface area contributed by atoms with Gasteiger partial charge in [0, 0.05) is 17.3 Å². The zero-order valence-electron chi connectivity index (χ0n) is 14.9. The molecule has 7 nitrogen and oxygen atoms in total. The minimum Gasteiger partial charge on any atom is -0.480 e. The van der Waals surface area contributed by atoms with Crippen LogP contribution in [-0.2, 0) is 14.8 Å². The van der Waals surface area contributed by atoms with Crippen LogP contribution in [-0.4, -0.2) is 29.3 Å². The number of aliphatic carboxylic acids is 1. The van der Waals surface area contributed by atoms with Gasteiger partial charge in [-0.3, -0.25) is 4.68 Å². The third-order valence-corrected chi connectivity index (χ3v) is 5.26. The van der Waals surface area contributed by atoms with Crippen LogP contribution in [0.25, 0.3) is 22.4 Å². The number of carboxylic acid groups (broad SMARTS) is 1. The molecule has 1 heterocycles. The average molecular weight is 403 g/mol. The lowest BCUT2D eigenvalue weighted by Crippen LogP contribution is -2.18. The number of carbonyl (C=O) groups is 1. The Hall–Kier alpha value is -3.04. The predicted octanol–water partition coefficient (Wildman–Crippen LogP) is 3.04. The Morgan fingerprint density at radius 2 is 1.71 bits per heavy atom. The highest BCUT2D eigenvalue weighted by Gasteiger charge is 2.22. The topological polar surface area (TPSA) is 115 Å². The zero-order valence-corrected chi connectivity index (χ0v) is 15.7. The van der Waals surface area contributed by atoms with Crippen LogP contribution in [0.1, 0.15) is 19.4 Å². The molecule has 2 aromatic carbocycles. The van der Waals surface area contributed by atoms with Gasteiger partial charge in [-0.15, -0.1) is 0 Å². The molecule has 0 aliphatic carbocycles. The number of benzene rings is 2. The molecule has 9 heteroatoms. The second kappa shape index (κ2) is 7.53. The predicted molar refractivity (Wildman–Crippen MR) is 101 cm³/mol. The molecule has 146 valence electrons. The van der Waals surface area contributed by atoms with Crippen molar-refractivity contribution in [1.29, 1.82) is 0 Å². The molecule has 0 bridgehead atoms. The van der Waals surface area contributed by atoms with Crippen LogP contribution < -0.4 is 5.14 Å². The Morgan fingerprint density at radius 1 is 1.14 bits per heavy atom. The molecule has 0 spiro atoms. The van der Waals surface area contributed by atoms with E-state index < -0.39 is 27.9 Å².